The molecule has 3 N–H and O–H groups in total. The molecule has 0 aromatic carbocycles. The van der Waals surface area contributed by atoms with Gasteiger partial charge in [0.2, 0.25) is 0 Å². The van der Waals surface area contributed by atoms with Gasteiger partial charge in [-0.3, -0.25) is 0 Å². The van der Waals surface area contributed by atoms with Crippen LogP contribution in [0, 0.1) is 0 Å². The van der Waals surface area contributed by atoms with E-state index in [2.05, 4.69) is 24.8 Å². The molecule has 0 amide bonds. The molecule has 0 bridgehead atoms. The van der Waals surface area contributed by atoms with Crippen LogP contribution in [-0.4, -0.2) is 17.2 Å². The van der Waals surface area contributed by atoms with Gasteiger partial charge in [-0.2, -0.15) is 0 Å². The largest absolute Gasteiger partial charge is 0.474 e. The molecule has 0 radical (unpaired) electrons. The van der Waals surface area contributed by atoms with Crippen molar-refractivity contribution in [2.75, 3.05) is 6.61 Å². The van der Waals surface area contributed by atoms with Crippen molar-refractivity contribution >= 4 is 0 Å². The monoisotopic (exact) mass is 260 g/mol. The van der Waals surface area contributed by atoms with E-state index in [1.165, 1.54) is 63.9 Å². The van der Waals surface area contributed by atoms with Crippen LogP contribution >= 0.6 is 0 Å². The molecule has 0 saturated carbocycles. The topological polar surface area (TPSA) is 61.0 Å². The average Bonchev–Trinajstić information content (AvgIpc) is 2.34. The summed E-state index contributed by atoms with van der Waals surface area (Å²) in [6.45, 7) is 9.14. The zero-order valence-corrected chi connectivity index (χ0v) is 12.0. The van der Waals surface area contributed by atoms with E-state index in [4.69, 9.17) is 5.11 Å². The molecule has 3 heteroatoms. The first kappa shape index (κ1) is 22.4. The summed E-state index contributed by atoms with van der Waals surface area (Å²) in [6, 6.07) is 0. The van der Waals surface area contributed by atoms with Crippen LogP contribution in [0.3, 0.4) is 0 Å². The average molecular weight is 260 g/mol. The van der Waals surface area contributed by atoms with Crippen LogP contribution in [0.15, 0.2) is 25.7 Å². The molecule has 0 aromatic heterocycles. The van der Waals surface area contributed by atoms with Crippen molar-refractivity contribution in [2.24, 2.45) is 0 Å². The molecular weight excluding hydrogens is 228 g/mol. The zero-order valence-electron chi connectivity index (χ0n) is 12.0. The van der Waals surface area contributed by atoms with Crippen LogP contribution in [0.2, 0.25) is 0 Å². The SMILES string of the molecule is C=COC=C.CCCCCCCCCCCO.O. The van der Waals surface area contributed by atoms with Gasteiger partial charge < -0.3 is 15.3 Å². The van der Waals surface area contributed by atoms with E-state index in [1.807, 2.05) is 0 Å². The maximum Gasteiger partial charge on any atom is 0.0829 e. The number of aliphatic hydroxyl groups excluding tert-OH is 1. The van der Waals surface area contributed by atoms with Crippen molar-refractivity contribution in [3.05, 3.63) is 25.7 Å². The van der Waals surface area contributed by atoms with Crippen molar-refractivity contribution < 1.29 is 15.3 Å². The van der Waals surface area contributed by atoms with E-state index in [1.54, 1.807) is 0 Å². The summed E-state index contributed by atoms with van der Waals surface area (Å²) >= 11 is 0. The second kappa shape index (κ2) is 25.1. The molecule has 0 aromatic rings. The summed E-state index contributed by atoms with van der Waals surface area (Å²) in [7, 11) is 0. The third-order valence-electron chi connectivity index (χ3n) is 2.45. The lowest BCUT2D eigenvalue weighted by Gasteiger charge is -1.99. The normalized spacial score (nSPS) is 8.56. The molecule has 110 valence electrons. The Balaban J connectivity index is -0.000000321. The van der Waals surface area contributed by atoms with Gasteiger partial charge in [0, 0.05) is 6.61 Å². The molecule has 0 heterocycles. The predicted molar refractivity (Wildman–Crippen MR) is 79.4 cm³/mol. The summed E-state index contributed by atoms with van der Waals surface area (Å²) in [4.78, 5) is 0. The fourth-order valence-corrected chi connectivity index (χ4v) is 1.49. The first-order valence-corrected chi connectivity index (χ1v) is 6.81. The van der Waals surface area contributed by atoms with E-state index >= 15 is 0 Å². The smallest absolute Gasteiger partial charge is 0.0829 e. The molecule has 0 spiro atoms. The van der Waals surface area contributed by atoms with Gasteiger partial charge in [-0.25, -0.2) is 0 Å². The van der Waals surface area contributed by atoms with Gasteiger partial charge in [0.25, 0.3) is 0 Å². The van der Waals surface area contributed by atoms with Gasteiger partial charge in [-0.15, -0.1) is 0 Å². The van der Waals surface area contributed by atoms with Gasteiger partial charge in [0.1, 0.15) is 0 Å². The lowest BCUT2D eigenvalue weighted by molar-refractivity contribution is 0.282. The predicted octanol–water partition coefficient (Wildman–Crippen LogP) is 3.97. The Bertz CT molecular complexity index is 131. The van der Waals surface area contributed by atoms with E-state index < -0.39 is 0 Å². The van der Waals surface area contributed by atoms with Crippen molar-refractivity contribution in [3.8, 4) is 0 Å². The third kappa shape index (κ3) is 29.5. The number of rotatable bonds is 11. The van der Waals surface area contributed by atoms with Gasteiger partial charge in [0.15, 0.2) is 0 Å². The minimum atomic E-state index is 0. The van der Waals surface area contributed by atoms with Crippen molar-refractivity contribution in [2.45, 2.75) is 64.7 Å². The van der Waals surface area contributed by atoms with Gasteiger partial charge in [-0.1, -0.05) is 71.4 Å². The summed E-state index contributed by atoms with van der Waals surface area (Å²) in [6.07, 6.45) is 14.5. The second-order valence-corrected chi connectivity index (χ2v) is 4.02. The van der Waals surface area contributed by atoms with E-state index in [0.29, 0.717) is 6.61 Å². The Labute approximate surface area is 113 Å². The molecular formula is C15H32O3. The van der Waals surface area contributed by atoms with Crippen molar-refractivity contribution in [1.29, 1.82) is 0 Å². The fourth-order valence-electron chi connectivity index (χ4n) is 1.49. The first-order chi connectivity index (χ1) is 8.33. The van der Waals surface area contributed by atoms with Gasteiger partial charge >= 0.3 is 0 Å². The first-order valence-electron chi connectivity index (χ1n) is 6.81. The number of ether oxygens (including phenoxy) is 1. The maximum absolute atomic E-state index is 8.54. The molecule has 0 unspecified atom stereocenters. The Hall–Kier alpha value is -0.800. The lowest BCUT2D eigenvalue weighted by Crippen LogP contribution is -1.84. The Morgan fingerprint density at radius 2 is 1.22 bits per heavy atom. The highest BCUT2D eigenvalue weighted by Crippen LogP contribution is 2.08. The van der Waals surface area contributed by atoms with Crippen LogP contribution < -0.4 is 0 Å². The molecule has 0 saturated heterocycles. The highest BCUT2D eigenvalue weighted by atomic mass is 16.5. The quantitative estimate of drug-likeness (QED) is 0.451. The Morgan fingerprint density at radius 1 is 0.833 bits per heavy atom. The summed E-state index contributed by atoms with van der Waals surface area (Å²) in [5.41, 5.74) is 0. The van der Waals surface area contributed by atoms with Crippen LogP contribution in [0.1, 0.15) is 64.7 Å². The highest BCUT2D eigenvalue weighted by molar-refractivity contribution is 4.57. The van der Waals surface area contributed by atoms with Crippen molar-refractivity contribution in [3.63, 3.8) is 0 Å². The summed E-state index contributed by atoms with van der Waals surface area (Å²) in [5.74, 6) is 0. The van der Waals surface area contributed by atoms with Gasteiger partial charge in [-0.05, 0) is 6.42 Å². The van der Waals surface area contributed by atoms with E-state index in [-0.39, 0.29) is 5.48 Å². The molecule has 18 heavy (non-hydrogen) atoms. The zero-order chi connectivity index (χ0) is 13.2. The van der Waals surface area contributed by atoms with Crippen LogP contribution in [0.25, 0.3) is 0 Å². The summed E-state index contributed by atoms with van der Waals surface area (Å²) < 4.78 is 4.36. The molecule has 0 rings (SSSR count). The van der Waals surface area contributed by atoms with E-state index in [0.717, 1.165) is 6.42 Å². The van der Waals surface area contributed by atoms with Crippen LogP contribution in [0.4, 0.5) is 0 Å². The Kier molecular flexibility index (Phi) is 31.3. The molecule has 0 aliphatic rings. The summed E-state index contributed by atoms with van der Waals surface area (Å²) in [5, 5.41) is 8.54. The Morgan fingerprint density at radius 3 is 1.50 bits per heavy atom. The standard InChI is InChI=1S/C11H24O.C4H6O.H2O/c1-2-3-4-5-6-7-8-9-10-11-12;1-3-5-4-2;/h12H,2-11H2,1H3;3-4H,1-2H2;1H2. The molecule has 0 fully saturated rings. The molecule has 0 atom stereocenters. The minimum Gasteiger partial charge on any atom is -0.474 e. The lowest BCUT2D eigenvalue weighted by atomic mass is 10.1. The number of hydrogen-bond acceptors (Lipinski definition) is 2. The molecule has 0 aliphatic carbocycles. The second-order valence-electron chi connectivity index (χ2n) is 4.02. The number of unbranched alkanes of at least 4 members (excludes halogenated alkanes) is 8. The maximum atomic E-state index is 8.54. The third-order valence-corrected chi connectivity index (χ3v) is 2.45. The molecule has 3 nitrogen and oxygen atoms in total. The number of aliphatic hydroxyl groups is 1. The minimum absolute atomic E-state index is 0. The molecule has 0 aliphatic heterocycles. The van der Waals surface area contributed by atoms with E-state index in [9.17, 15) is 0 Å². The van der Waals surface area contributed by atoms with Gasteiger partial charge in [0.05, 0.1) is 12.5 Å². The highest BCUT2D eigenvalue weighted by Gasteiger charge is 1.90. The number of hydrogen-bond donors (Lipinski definition) is 1. The van der Waals surface area contributed by atoms with Crippen molar-refractivity contribution in [1.82, 2.24) is 0 Å². The van der Waals surface area contributed by atoms with Crippen LogP contribution in [-0.2, 0) is 4.74 Å². The fraction of sp³-hybridized carbons (Fsp3) is 0.733. The van der Waals surface area contributed by atoms with Crippen LogP contribution in [0.5, 0.6) is 0 Å².